The Morgan fingerprint density at radius 3 is 2.03 bits per heavy atom. The smallest absolute Gasteiger partial charge is 0.222 e. The van der Waals surface area contributed by atoms with Gasteiger partial charge in [-0.25, -0.2) is 0 Å². The highest BCUT2D eigenvalue weighted by molar-refractivity contribution is 5.76. The zero-order valence-electron chi connectivity index (χ0n) is 19.4. The van der Waals surface area contributed by atoms with Gasteiger partial charge in [-0.2, -0.15) is 0 Å². The third-order valence-electron chi connectivity index (χ3n) is 7.16. The maximum absolute atomic E-state index is 12.8. The van der Waals surface area contributed by atoms with Crippen molar-refractivity contribution in [2.24, 2.45) is 5.92 Å². The van der Waals surface area contributed by atoms with Gasteiger partial charge in [0.1, 0.15) is 0 Å². The molecule has 0 spiro atoms. The molecule has 0 unspecified atom stereocenters. The van der Waals surface area contributed by atoms with E-state index in [1.54, 1.807) is 0 Å². The fraction of sp³-hybridized carbons (Fsp3) is 0.536. The Labute approximate surface area is 194 Å². The van der Waals surface area contributed by atoms with E-state index in [1.807, 2.05) is 0 Å². The van der Waals surface area contributed by atoms with Crippen molar-refractivity contribution in [3.05, 3.63) is 71.8 Å². The first-order valence-electron chi connectivity index (χ1n) is 12.6. The van der Waals surface area contributed by atoms with Crippen molar-refractivity contribution in [3.63, 3.8) is 0 Å². The second-order valence-electron chi connectivity index (χ2n) is 9.45. The second-order valence-corrected chi connectivity index (χ2v) is 9.45. The minimum absolute atomic E-state index is 0.249. The molecule has 172 valence electrons. The highest BCUT2D eigenvalue weighted by atomic mass is 16.2. The van der Waals surface area contributed by atoms with E-state index in [0.717, 1.165) is 51.6 Å². The van der Waals surface area contributed by atoms with E-state index >= 15 is 0 Å². The molecule has 0 radical (unpaired) electrons. The molecule has 0 aromatic heterocycles. The van der Waals surface area contributed by atoms with Gasteiger partial charge in [-0.3, -0.25) is 9.69 Å². The number of amides is 1. The molecule has 1 saturated heterocycles. The van der Waals surface area contributed by atoms with Crippen molar-refractivity contribution in [1.29, 1.82) is 0 Å². The summed E-state index contributed by atoms with van der Waals surface area (Å²) in [6, 6.07) is 21.7. The molecular weight excluding hydrogens is 394 g/mol. The first-order valence-corrected chi connectivity index (χ1v) is 12.6. The van der Waals surface area contributed by atoms with Crippen LogP contribution >= 0.6 is 0 Å². The van der Waals surface area contributed by atoms with Crippen molar-refractivity contribution >= 4 is 5.91 Å². The summed E-state index contributed by atoms with van der Waals surface area (Å²) in [5, 5.41) is 3.59. The molecule has 32 heavy (non-hydrogen) atoms. The molecule has 2 aliphatic rings. The van der Waals surface area contributed by atoms with Gasteiger partial charge in [0.05, 0.1) is 6.04 Å². The Hall–Kier alpha value is -2.17. The van der Waals surface area contributed by atoms with E-state index in [1.165, 1.54) is 43.2 Å². The lowest BCUT2D eigenvalue weighted by molar-refractivity contribution is -0.133. The van der Waals surface area contributed by atoms with Crippen LogP contribution in [-0.4, -0.2) is 55.0 Å². The van der Waals surface area contributed by atoms with Crippen LogP contribution < -0.4 is 5.32 Å². The number of nitrogens with one attached hydrogen (secondary N) is 1. The lowest BCUT2D eigenvalue weighted by atomic mass is 9.89. The molecule has 1 amide bonds. The van der Waals surface area contributed by atoms with E-state index in [-0.39, 0.29) is 6.04 Å². The van der Waals surface area contributed by atoms with Crippen molar-refractivity contribution in [1.82, 2.24) is 15.1 Å². The minimum Gasteiger partial charge on any atom is -0.340 e. The monoisotopic (exact) mass is 433 g/mol. The van der Waals surface area contributed by atoms with Crippen molar-refractivity contribution in [2.45, 2.75) is 51.0 Å². The highest BCUT2D eigenvalue weighted by Gasteiger charge is 2.27. The van der Waals surface area contributed by atoms with E-state index < -0.39 is 0 Å². The molecule has 1 saturated carbocycles. The van der Waals surface area contributed by atoms with Crippen LogP contribution in [0.5, 0.6) is 0 Å². The third-order valence-corrected chi connectivity index (χ3v) is 7.16. The Bertz CT molecular complexity index is 756. The Morgan fingerprint density at radius 2 is 1.44 bits per heavy atom. The van der Waals surface area contributed by atoms with Gasteiger partial charge < -0.3 is 10.2 Å². The third kappa shape index (κ3) is 6.43. The second kappa shape index (κ2) is 12.2. The van der Waals surface area contributed by atoms with Gasteiger partial charge in [-0.1, -0.05) is 79.9 Å². The normalized spacial score (nSPS) is 18.2. The summed E-state index contributed by atoms with van der Waals surface area (Å²) in [4.78, 5) is 17.4. The van der Waals surface area contributed by atoms with Gasteiger partial charge in [0, 0.05) is 32.6 Å². The van der Waals surface area contributed by atoms with E-state index in [9.17, 15) is 4.79 Å². The first-order chi connectivity index (χ1) is 15.8. The molecule has 1 aliphatic carbocycles. The number of piperazine rings is 1. The molecule has 1 N–H and O–H groups in total. The fourth-order valence-electron chi connectivity index (χ4n) is 5.33. The topological polar surface area (TPSA) is 35.6 Å². The van der Waals surface area contributed by atoms with Crippen molar-refractivity contribution in [3.8, 4) is 0 Å². The Kier molecular flexibility index (Phi) is 8.75. The minimum atomic E-state index is 0.249. The number of hydrogen-bond donors (Lipinski definition) is 1. The molecular formula is C28H39N3O. The summed E-state index contributed by atoms with van der Waals surface area (Å²) in [5.41, 5.74) is 2.64. The van der Waals surface area contributed by atoms with Gasteiger partial charge in [0.2, 0.25) is 5.91 Å². The van der Waals surface area contributed by atoms with Crippen LogP contribution in [0.4, 0.5) is 0 Å². The van der Waals surface area contributed by atoms with Gasteiger partial charge in [0.25, 0.3) is 0 Å². The number of carbonyl (C=O) groups is 1. The zero-order valence-corrected chi connectivity index (χ0v) is 19.4. The number of carbonyl (C=O) groups excluding carboxylic acids is 1. The summed E-state index contributed by atoms with van der Waals surface area (Å²) in [6.45, 7) is 5.58. The van der Waals surface area contributed by atoms with Crippen LogP contribution in [0.2, 0.25) is 0 Å². The van der Waals surface area contributed by atoms with Gasteiger partial charge >= 0.3 is 0 Å². The lowest BCUT2D eigenvalue weighted by Crippen LogP contribution is -2.49. The quantitative estimate of drug-likeness (QED) is 0.573. The van der Waals surface area contributed by atoms with Crippen molar-refractivity contribution < 1.29 is 4.79 Å². The maximum atomic E-state index is 12.8. The molecule has 0 bridgehead atoms. The summed E-state index contributed by atoms with van der Waals surface area (Å²) < 4.78 is 0. The fourth-order valence-corrected chi connectivity index (χ4v) is 5.33. The molecule has 0 atom stereocenters. The Balaban J connectivity index is 1.23. The molecule has 4 rings (SSSR count). The lowest BCUT2D eigenvalue weighted by Gasteiger charge is -2.40. The van der Waals surface area contributed by atoms with Gasteiger partial charge in [0.15, 0.2) is 0 Å². The highest BCUT2D eigenvalue weighted by Crippen LogP contribution is 2.29. The molecule has 2 aromatic carbocycles. The SMILES string of the molecule is O=C(CCCNCC1CCCCC1)N1CCN(C(c2ccccc2)c2ccccc2)CC1. The Morgan fingerprint density at radius 1 is 0.844 bits per heavy atom. The van der Waals surface area contributed by atoms with Crippen LogP contribution in [0, 0.1) is 5.92 Å². The number of benzene rings is 2. The summed E-state index contributed by atoms with van der Waals surface area (Å²) >= 11 is 0. The van der Waals surface area contributed by atoms with Crippen LogP contribution in [-0.2, 0) is 4.79 Å². The molecule has 1 aliphatic heterocycles. The van der Waals surface area contributed by atoms with Gasteiger partial charge in [-0.15, -0.1) is 0 Å². The van der Waals surface area contributed by atoms with E-state index in [0.29, 0.717) is 12.3 Å². The van der Waals surface area contributed by atoms with Crippen LogP contribution in [0.15, 0.2) is 60.7 Å². The zero-order chi connectivity index (χ0) is 22.0. The van der Waals surface area contributed by atoms with Crippen LogP contribution in [0.1, 0.15) is 62.1 Å². The molecule has 4 nitrogen and oxygen atoms in total. The predicted molar refractivity (Wildman–Crippen MR) is 132 cm³/mol. The summed E-state index contributed by atoms with van der Waals surface area (Å²) in [7, 11) is 0. The van der Waals surface area contributed by atoms with Crippen molar-refractivity contribution in [2.75, 3.05) is 39.3 Å². The summed E-state index contributed by atoms with van der Waals surface area (Å²) in [6.07, 6.45) is 8.57. The van der Waals surface area contributed by atoms with E-state index in [4.69, 9.17) is 0 Å². The number of nitrogens with zero attached hydrogens (tertiary/aromatic N) is 2. The molecule has 4 heteroatoms. The number of rotatable bonds is 9. The standard InChI is InChI=1S/C28H39N3O/c32-27(17-10-18-29-23-24-11-4-1-5-12-24)30-19-21-31(22-20-30)28(25-13-6-2-7-14-25)26-15-8-3-9-16-26/h2-3,6-9,13-16,24,28-29H,1,4-5,10-12,17-23H2. The molecule has 1 heterocycles. The first kappa shape index (κ1) is 23.0. The maximum Gasteiger partial charge on any atom is 0.222 e. The average molecular weight is 434 g/mol. The van der Waals surface area contributed by atoms with Crippen LogP contribution in [0.25, 0.3) is 0 Å². The van der Waals surface area contributed by atoms with E-state index in [2.05, 4.69) is 75.8 Å². The molecule has 2 aromatic rings. The number of hydrogen-bond acceptors (Lipinski definition) is 3. The largest absolute Gasteiger partial charge is 0.340 e. The van der Waals surface area contributed by atoms with Crippen LogP contribution in [0.3, 0.4) is 0 Å². The summed E-state index contributed by atoms with van der Waals surface area (Å²) in [5.74, 6) is 1.18. The molecule has 2 fully saturated rings. The predicted octanol–water partition coefficient (Wildman–Crippen LogP) is 4.87. The average Bonchev–Trinajstić information content (AvgIpc) is 2.86. The van der Waals surface area contributed by atoms with Gasteiger partial charge in [-0.05, 0) is 49.4 Å².